The van der Waals surface area contributed by atoms with E-state index < -0.39 is 4.92 Å². The summed E-state index contributed by atoms with van der Waals surface area (Å²) >= 11 is 5.89. The summed E-state index contributed by atoms with van der Waals surface area (Å²) < 4.78 is 0. The first-order valence-electron chi connectivity index (χ1n) is 7.24. The number of benzene rings is 2. The first-order chi connectivity index (χ1) is 11.6. The van der Waals surface area contributed by atoms with Crippen molar-refractivity contribution >= 4 is 33.7 Å². The number of anilines is 1. The van der Waals surface area contributed by atoms with Gasteiger partial charge in [-0.25, -0.2) is 0 Å². The lowest BCUT2D eigenvalue weighted by Gasteiger charge is -2.19. The molecule has 2 aromatic carbocycles. The van der Waals surface area contributed by atoms with Gasteiger partial charge in [-0.3, -0.25) is 15.1 Å². The predicted octanol–water partition coefficient (Wildman–Crippen LogP) is 3.94. The van der Waals surface area contributed by atoms with E-state index in [2.05, 4.69) is 10.3 Å². The Morgan fingerprint density at radius 1 is 1.17 bits per heavy atom. The summed E-state index contributed by atoms with van der Waals surface area (Å²) in [7, 11) is 0. The third-order valence-corrected chi connectivity index (χ3v) is 4.03. The highest BCUT2D eigenvalue weighted by Gasteiger charge is 2.17. The van der Waals surface area contributed by atoms with Gasteiger partial charge in [0.25, 0.3) is 5.69 Å². The van der Waals surface area contributed by atoms with Crippen molar-refractivity contribution in [1.82, 2.24) is 4.98 Å². The van der Waals surface area contributed by atoms with Crippen LogP contribution in [0.3, 0.4) is 0 Å². The average molecular weight is 344 g/mol. The molecule has 0 bridgehead atoms. The number of nitro benzene ring substituents is 1. The van der Waals surface area contributed by atoms with Crippen molar-refractivity contribution < 1.29 is 10.0 Å². The number of nitro groups is 1. The average Bonchev–Trinajstić information content (AvgIpc) is 2.60. The second-order valence-electron chi connectivity index (χ2n) is 5.24. The maximum Gasteiger partial charge on any atom is 0.278 e. The Bertz CT molecular complexity index is 884. The molecule has 122 valence electrons. The minimum atomic E-state index is -0.434. The van der Waals surface area contributed by atoms with E-state index in [9.17, 15) is 15.2 Å². The van der Waals surface area contributed by atoms with Crippen molar-refractivity contribution in [2.24, 2.45) is 0 Å². The second-order valence-corrected chi connectivity index (χ2v) is 5.68. The molecule has 1 heterocycles. The number of hydrogen-bond acceptors (Lipinski definition) is 5. The van der Waals surface area contributed by atoms with Gasteiger partial charge in [0.2, 0.25) is 0 Å². The number of aliphatic hydroxyl groups excluding tert-OH is 1. The Morgan fingerprint density at radius 3 is 2.58 bits per heavy atom. The van der Waals surface area contributed by atoms with Crippen molar-refractivity contribution in [2.75, 3.05) is 11.9 Å². The fourth-order valence-corrected chi connectivity index (χ4v) is 2.70. The number of rotatable bonds is 5. The number of pyridine rings is 1. The van der Waals surface area contributed by atoms with Gasteiger partial charge in [0, 0.05) is 34.6 Å². The Balaban J connectivity index is 2.01. The molecule has 3 rings (SSSR count). The van der Waals surface area contributed by atoms with Gasteiger partial charge in [-0.05, 0) is 29.8 Å². The number of fused-ring (bicyclic) bond motifs is 1. The van der Waals surface area contributed by atoms with Crippen molar-refractivity contribution in [3.8, 4) is 0 Å². The summed E-state index contributed by atoms with van der Waals surface area (Å²) in [5, 5.41) is 25.8. The summed E-state index contributed by atoms with van der Waals surface area (Å²) in [4.78, 5) is 14.7. The molecule has 0 aliphatic rings. The summed E-state index contributed by atoms with van der Waals surface area (Å²) in [5.41, 5.74) is 1.55. The molecule has 3 aromatic rings. The van der Waals surface area contributed by atoms with E-state index in [0.29, 0.717) is 21.5 Å². The molecule has 24 heavy (non-hydrogen) atoms. The van der Waals surface area contributed by atoms with Crippen LogP contribution in [0.25, 0.3) is 10.8 Å². The molecule has 2 N–H and O–H groups in total. The third-order valence-electron chi connectivity index (χ3n) is 3.78. The monoisotopic (exact) mass is 343 g/mol. The molecule has 1 unspecified atom stereocenters. The van der Waals surface area contributed by atoms with Gasteiger partial charge in [0.15, 0.2) is 0 Å². The SMILES string of the molecule is O=[N+]([O-])c1ccc(NC(CO)c2ccc(Cl)cc2)c2ccncc12. The normalized spacial score (nSPS) is 12.1. The van der Waals surface area contributed by atoms with E-state index in [-0.39, 0.29) is 18.3 Å². The molecule has 1 atom stereocenters. The predicted molar refractivity (Wildman–Crippen MR) is 93.3 cm³/mol. The highest BCUT2D eigenvalue weighted by molar-refractivity contribution is 6.30. The van der Waals surface area contributed by atoms with Crippen LogP contribution in [0.1, 0.15) is 11.6 Å². The third kappa shape index (κ3) is 3.15. The maximum atomic E-state index is 11.2. The molecule has 0 radical (unpaired) electrons. The number of halogens is 1. The Hall–Kier alpha value is -2.70. The number of non-ortho nitro benzene ring substituents is 1. The highest BCUT2D eigenvalue weighted by Crippen LogP contribution is 2.32. The van der Waals surface area contributed by atoms with Gasteiger partial charge in [0.1, 0.15) is 0 Å². The van der Waals surface area contributed by atoms with Gasteiger partial charge in [-0.15, -0.1) is 0 Å². The van der Waals surface area contributed by atoms with Crippen molar-refractivity contribution in [3.63, 3.8) is 0 Å². The molecule has 0 amide bonds. The zero-order valence-corrected chi connectivity index (χ0v) is 13.3. The molecule has 0 saturated heterocycles. The lowest BCUT2D eigenvalue weighted by Crippen LogP contribution is -2.15. The smallest absolute Gasteiger partial charge is 0.278 e. The molecule has 0 fully saturated rings. The largest absolute Gasteiger partial charge is 0.394 e. The van der Waals surface area contributed by atoms with Crippen LogP contribution in [-0.4, -0.2) is 21.6 Å². The van der Waals surface area contributed by atoms with Gasteiger partial charge < -0.3 is 10.4 Å². The number of hydrogen-bond donors (Lipinski definition) is 2. The first kappa shape index (κ1) is 16.2. The molecular weight excluding hydrogens is 330 g/mol. The van der Waals surface area contributed by atoms with Crippen LogP contribution in [0.4, 0.5) is 11.4 Å². The molecule has 0 saturated carbocycles. The zero-order valence-electron chi connectivity index (χ0n) is 12.5. The van der Waals surface area contributed by atoms with Gasteiger partial charge in [0.05, 0.1) is 23.0 Å². The van der Waals surface area contributed by atoms with Crippen LogP contribution in [0.2, 0.25) is 5.02 Å². The van der Waals surface area contributed by atoms with E-state index in [1.54, 1.807) is 30.5 Å². The van der Waals surface area contributed by atoms with E-state index in [0.717, 1.165) is 5.56 Å². The van der Waals surface area contributed by atoms with Crippen LogP contribution in [0, 0.1) is 10.1 Å². The second kappa shape index (κ2) is 6.82. The van der Waals surface area contributed by atoms with Gasteiger partial charge in [-0.1, -0.05) is 23.7 Å². The maximum absolute atomic E-state index is 11.2. The van der Waals surface area contributed by atoms with Crippen LogP contribution in [0.5, 0.6) is 0 Å². The van der Waals surface area contributed by atoms with Gasteiger partial charge >= 0.3 is 0 Å². The Labute approximate surface area is 142 Å². The molecule has 1 aromatic heterocycles. The molecule has 0 aliphatic heterocycles. The molecule has 6 nitrogen and oxygen atoms in total. The van der Waals surface area contributed by atoms with Crippen LogP contribution < -0.4 is 5.32 Å². The van der Waals surface area contributed by atoms with Crippen molar-refractivity contribution in [2.45, 2.75) is 6.04 Å². The quantitative estimate of drug-likeness (QED) is 0.541. The van der Waals surface area contributed by atoms with Crippen molar-refractivity contribution in [1.29, 1.82) is 0 Å². The summed E-state index contributed by atoms with van der Waals surface area (Å²) in [6.45, 7) is -0.134. The lowest BCUT2D eigenvalue weighted by molar-refractivity contribution is -0.383. The van der Waals surface area contributed by atoms with E-state index in [4.69, 9.17) is 11.6 Å². The summed E-state index contributed by atoms with van der Waals surface area (Å²) in [6, 6.07) is 11.6. The zero-order chi connectivity index (χ0) is 17.1. The number of aliphatic hydroxyl groups is 1. The number of nitrogens with one attached hydrogen (secondary N) is 1. The van der Waals surface area contributed by atoms with E-state index in [1.165, 1.54) is 12.3 Å². The minimum absolute atomic E-state index is 0.00399. The Morgan fingerprint density at radius 2 is 1.92 bits per heavy atom. The van der Waals surface area contributed by atoms with E-state index >= 15 is 0 Å². The standard InChI is InChI=1S/C17H14ClN3O3/c18-12-3-1-11(2-4-12)16(10-22)20-15-5-6-17(21(23)24)14-9-19-8-7-13(14)15/h1-9,16,20,22H,10H2. The highest BCUT2D eigenvalue weighted by atomic mass is 35.5. The molecular formula is C17H14ClN3O3. The fourth-order valence-electron chi connectivity index (χ4n) is 2.58. The minimum Gasteiger partial charge on any atom is -0.394 e. The fraction of sp³-hybridized carbons (Fsp3) is 0.118. The van der Waals surface area contributed by atoms with Crippen LogP contribution in [-0.2, 0) is 0 Å². The van der Waals surface area contributed by atoms with Crippen molar-refractivity contribution in [3.05, 3.63) is 75.6 Å². The van der Waals surface area contributed by atoms with E-state index in [1.807, 2.05) is 12.1 Å². The topological polar surface area (TPSA) is 88.3 Å². The number of nitrogens with zero attached hydrogens (tertiary/aromatic N) is 2. The summed E-state index contributed by atoms with van der Waals surface area (Å²) in [6.07, 6.45) is 3.04. The Kier molecular flexibility index (Phi) is 4.59. The molecule has 7 heteroatoms. The van der Waals surface area contributed by atoms with Crippen LogP contribution in [0.15, 0.2) is 54.9 Å². The first-order valence-corrected chi connectivity index (χ1v) is 7.62. The number of aromatic nitrogens is 1. The lowest BCUT2D eigenvalue weighted by atomic mass is 10.1. The summed E-state index contributed by atoms with van der Waals surface area (Å²) in [5.74, 6) is 0. The molecule has 0 spiro atoms. The van der Waals surface area contributed by atoms with Crippen LogP contribution >= 0.6 is 11.6 Å². The van der Waals surface area contributed by atoms with Gasteiger partial charge in [-0.2, -0.15) is 0 Å². The molecule has 0 aliphatic carbocycles.